The molecule has 1 aromatic rings. The van der Waals surface area contributed by atoms with Crippen LogP contribution >= 0.6 is 0 Å². The molecule has 0 aliphatic heterocycles. The third kappa shape index (κ3) is 3.46. The van der Waals surface area contributed by atoms with Gasteiger partial charge >= 0.3 is 5.97 Å². The molecule has 4 heteroatoms. The lowest BCUT2D eigenvalue weighted by Crippen LogP contribution is -2.25. The molecule has 0 amide bonds. The summed E-state index contributed by atoms with van der Waals surface area (Å²) in [5.74, 6) is 0.104. The van der Waals surface area contributed by atoms with E-state index in [-0.39, 0.29) is 13.0 Å². The topological polar surface area (TPSA) is 55.8 Å². The number of hydrogen-bond donors (Lipinski definition) is 1. The Morgan fingerprint density at radius 2 is 2.18 bits per heavy atom. The van der Waals surface area contributed by atoms with Crippen LogP contribution < -0.4 is 4.74 Å². The van der Waals surface area contributed by atoms with E-state index < -0.39 is 12.1 Å². The number of benzene rings is 1. The first-order chi connectivity index (χ1) is 8.10. The average molecular weight is 238 g/mol. The molecule has 0 aromatic heterocycles. The SMILES string of the molecule is CCOC(=O)[C@H](O)Cc1cccc(C)c1OC. The monoisotopic (exact) mass is 238 g/mol. The van der Waals surface area contributed by atoms with Crippen LogP contribution in [0.3, 0.4) is 0 Å². The minimum absolute atomic E-state index is 0.198. The van der Waals surface area contributed by atoms with Crippen LogP contribution in [0.2, 0.25) is 0 Å². The quantitative estimate of drug-likeness (QED) is 0.789. The van der Waals surface area contributed by atoms with Crippen molar-refractivity contribution in [2.75, 3.05) is 13.7 Å². The van der Waals surface area contributed by atoms with Crippen molar-refractivity contribution in [1.29, 1.82) is 0 Å². The molecule has 0 saturated carbocycles. The fraction of sp³-hybridized carbons (Fsp3) is 0.462. The van der Waals surface area contributed by atoms with Crippen LogP contribution in [0, 0.1) is 6.92 Å². The van der Waals surface area contributed by atoms with Crippen LogP contribution in [0.1, 0.15) is 18.1 Å². The molecule has 94 valence electrons. The number of ether oxygens (including phenoxy) is 2. The first-order valence-electron chi connectivity index (χ1n) is 5.57. The van der Waals surface area contributed by atoms with Crippen LogP contribution in [-0.2, 0) is 16.0 Å². The summed E-state index contributed by atoms with van der Waals surface area (Å²) in [6.45, 7) is 3.89. The molecular formula is C13H18O4. The van der Waals surface area contributed by atoms with Gasteiger partial charge in [0.05, 0.1) is 13.7 Å². The summed E-state index contributed by atoms with van der Waals surface area (Å²) in [4.78, 5) is 11.3. The maximum absolute atomic E-state index is 11.3. The third-order valence-corrected chi connectivity index (χ3v) is 2.47. The molecule has 0 aliphatic carbocycles. The van der Waals surface area contributed by atoms with E-state index in [9.17, 15) is 9.90 Å². The van der Waals surface area contributed by atoms with Crippen LogP contribution in [0.5, 0.6) is 5.75 Å². The zero-order valence-corrected chi connectivity index (χ0v) is 10.4. The molecule has 17 heavy (non-hydrogen) atoms. The van der Waals surface area contributed by atoms with E-state index in [0.717, 1.165) is 11.1 Å². The second kappa shape index (κ2) is 6.25. The highest BCUT2D eigenvalue weighted by Gasteiger charge is 2.19. The van der Waals surface area contributed by atoms with E-state index in [0.29, 0.717) is 5.75 Å². The largest absolute Gasteiger partial charge is 0.496 e. The lowest BCUT2D eigenvalue weighted by Gasteiger charge is -2.14. The molecule has 0 bridgehead atoms. The molecule has 1 rings (SSSR count). The molecule has 0 saturated heterocycles. The molecule has 1 N–H and O–H groups in total. The Labute approximate surface area is 101 Å². The molecule has 0 unspecified atom stereocenters. The highest BCUT2D eigenvalue weighted by atomic mass is 16.5. The number of carbonyl (C=O) groups excluding carboxylic acids is 1. The Kier molecular flexibility index (Phi) is 4.97. The Morgan fingerprint density at radius 3 is 2.76 bits per heavy atom. The van der Waals surface area contributed by atoms with Crippen LogP contribution in [0.25, 0.3) is 0 Å². The maximum atomic E-state index is 11.3. The average Bonchev–Trinajstić information content (AvgIpc) is 2.29. The number of rotatable bonds is 5. The molecule has 4 nitrogen and oxygen atoms in total. The van der Waals surface area contributed by atoms with Gasteiger partial charge in [-0.05, 0) is 25.0 Å². The highest BCUT2D eigenvalue weighted by molar-refractivity contribution is 5.74. The van der Waals surface area contributed by atoms with Crippen molar-refractivity contribution in [2.24, 2.45) is 0 Å². The summed E-state index contributed by atoms with van der Waals surface area (Å²) in [6, 6.07) is 5.61. The van der Waals surface area contributed by atoms with Crippen LogP contribution in [0.4, 0.5) is 0 Å². The predicted octanol–water partition coefficient (Wildman–Crippen LogP) is 1.47. The number of methoxy groups -OCH3 is 1. The van der Waals surface area contributed by atoms with Gasteiger partial charge in [0.1, 0.15) is 5.75 Å². The van der Waals surface area contributed by atoms with Crippen molar-refractivity contribution >= 4 is 5.97 Å². The molecule has 0 heterocycles. The van der Waals surface area contributed by atoms with Gasteiger partial charge in [0.2, 0.25) is 0 Å². The highest BCUT2D eigenvalue weighted by Crippen LogP contribution is 2.24. The number of para-hydroxylation sites is 1. The number of aliphatic hydroxyl groups excluding tert-OH is 1. The molecule has 0 spiro atoms. The van der Waals surface area contributed by atoms with E-state index in [1.54, 1.807) is 14.0 Å². The minimum atomic E-state index is -1.15. The molecule has 1 atom stereocenters. The summed E-state index contributed by atoms with van der Waals surface area (Å²) < 4.78 is 10.0. The molecular weight excluding hydrogens is 220 g/mol. The maximum Gasteiger partial charge on any atom is 0.335 e. The van der Waals surface area contributed by atoms with Crippen LogP contribution in [0.15, 0.2) is 18.2 Å². The van der Waals surface area contributed by atoms with E-state index in [4.69, 9.17) is 9.47 Å². The third-order valence-electron chi connectivity index (χ3n) is 2.47. The lowest BCUT2D eigenvalue weighted by molar-refractivity contribution is -0.152. The van der Waals surface area contributed by atoms with Gasteiger partial charge in [-0.25, -0.2) is 4.79 Å². The van der Waals surface area contributed by atoms with Crippen molar-refractivity contribution in [3.05, 3.63) is 29.3 Å². The van der Waals surface area contributed by atoms with Crippen molar-refractivity contribution in [3.63, 3.8) is 0 Å². The fourth-order valence-corrected chi connectivity index (χ4v) is 1.70. The fourth-order valence-electron chi connectivity index (χ4n) is 1.70. The number of aryl methyl sites for hydroxylation is 1. The van der Waals surface area contributed by atoms with Crippen molar-refractivity contribution in [1.82, 2.24) is 0 Å². The minimum Gasteiger partial charge on any atom is -0.496 e. The van der Waals surface area contributed by atoms with Gasteiger partial charge in [-0.2, -0.15) is 0 Å². The Bertz CT molecular complexity index is 387. The number of hydrogen-bond acceptors (Lipinski definition) is 4. The zero-order chi connectivity index (χ0) is 12.8. The Balaban J connectivity index is 2.81. The molecule has 0 radical (unpaired) electrons. The van der Waals surface area contributed by atoms with Crippen molar-refractivity contribution in [3.8, 4) is 5.75 Å². The van der Waals surface area contributed by atoms with Gasteiger partial charge < -0.3 is 14.6 Å². The summed E-state index contributed by atoms with van der Waals surface area (Å²) in [7, 11) is 1.57. The van der Waals surface area contributed by atoms with E-state index in [1.165, 1.54) is 0 Å². The smallest absolute Gasteiger partial charge is 0.335 e. The van der Waals surface area contributed by atoms with Gasteiger partial charge in [-0.3, -0.25) is 0 Å². The van der Waals surface area contributed by atoms with E-state index in [2.05, 4.69) is 0 Å². The lowest BCUT2D eigenvalue weighted by atomic mass is 10.0. The molecule has 0 fully saturated rings. The first kappa shape index (κ1) is 13.5. The van der Waals surface area contributed by atoms with Crippen molar-refractivity contribution in [2.45, 2.75) is 26.4 Å². The molecule has 0 aliphatic rings. The second-order valence-electron chi connectivity index (χ2n) is 3.74. The van der Waals surface area contributed by atoms with Gasteiger partial charge in [0.25, 0.3) is 0 Å². The van der Waals surface area contributed by atoms with E-state index in [1.807, 2.05) is 25.1 Å². The Hall–Kier alpha value is -1.55. The predicted molar refractivity (Wildman–Crippen MR) is 64.1 cm³/mol. The standard InChI is InChI=1S/C13H18O4/c1-4-17-13(15)11(14)8-10-7-5-6-9(2)12(10)16-3/h5-7,11,14H,4,8H2,1-3H3/t11-/m1/s1. The molecule has 1 aromatic carbocycles. The number of aliphatic hydroxyl groups is 1. The first-order valence-corrected chi connectivity index (χ1v) is 5.57. The van der Waals surface area contributed by atoms with Gasteiger partial charge in [0.15, 0.2) is 6.10 Å². The summed E-state index contributed by atoms with van der Waals surface area (Å²) >= 11 is 0. The van der Waals surface area contributed by atoms with Gasteiger partial charge in [-0.1, -0.05) is 18.2 Å². The normalized spacial score (nSPS) is 12.0. The van der Waals surface area contributed by atoms with Crippen molar-refractivity contribution < 1.29 is 19.4 Å². The van der Waals surface area contributed by atoms with Gasteiger partial charge in [-0.15, -0.1) is 0 Å². The van der Waals surface area contributed by atoms with Crippen LogP contribution in [-0.4, -0.2) is 30.9 Å². The second-order valence-corrected chi connectivity index (χ2v) is 3.74. The Morgan fingerprint density at radius 1 is 1.47 bits per heavy atom. The number of carbonyl (C=O) groups is 1. The summed E-state index contributed by atoms with van der Waals surface area (Å²) in [6.07, 6.45) is -0.949. The van der Waals surface area contributed by atoms with E-state index >= 15 is 0 Å². The number of esters is 1. The summed E-state index contributed by atoms with van der Waals surface area (Å²) in [5, 5.41) is 9.68. The van der Waals surface area contributed by atoms with Gasteiger partial charge in [0, 0.05) is 6.42 Å². The summed E-state index contributed by atoms with van der Waals surface area (Å²) in [5.41, 5.74) is 1.77. The zero-order valence-electron chi connectivity index (χ0n) is 10.4.